The molecule has 2 aromatic carbocycles. The minimum Gasteiger partial charge on any atom is -0.508 e. The second-order valence-corrected chi connectivity index (χ2v) is 5.12. The predicted octanol–water partition coefficient (Wildman–Crippen LogP) is 3.54. The van der Waals surface area contributed by atoms with E-state index in [1.54, 1.807) is 12.1 Å². The van der Waals surface area contributed by atoms with Gasteiger partial charge in [-0.05, 0) is 18.6 Å². The van der Waals surface area contributed by atoms with Crippen LogP contribution in [0.3, 0.4) is 0 Å². The first-order valence-corrected chi connectivity index (χ1v) is 6.29. The normalized spacial score (nSPS) is 10.9. The molecule has 90 valence electrons. The average molecular weight is 258 g/mol. The van der Waals surface area contributed by atoms with E-state index < -0.39 is 0 Å². The topological polar surface area (TPSA) is 50.4 Å². The Morgan fingerprint density at radius 2 is 1.89 bits per heavy atom. The lowest BCUT2D eigenvalue weighted by molar-refractivity contribution is 0.476. The van der Waals surface area contributed by atoms with Crippen molar-refractivity contribution in [1.29, 1.82) is 0 Å². The Morgan fingerprint density at radius 3 is 2.61 bits per heavy atom. The smallest absolute Gasteiger partial charge is 0.396 e. The first-order valence-electron chi connectivity index (χ1n) is 5.47. The molecule has 0 fully saturated rings. The van der Waals surface area contributed by atoms with E-state index in [0.29, 0.717) is 10.3 Å². The minimum atomic E-state index is -0.357. The van der Waals surface area contributed by atoms with E-state index in [4.69, 9.17) is 4.42 Å². The molecule has 0 aliphatic rings. The Balaban J connectivity index is 2.33. The van der Waals surface area contributed by atoms with Crippen LogP contribution >= 0.6 is 11.3 Å². The quantitative estimate of drug-likeness (QED) is 0.726. The molecular weight excluding hydrogens is 248 g/mol. The number of phenolic OH excluding ortho intramolecular Hbond substituents is 1. The van der Waals surface area contributed by atoms with E-state index in [9.17, 15) is 9.90 Å². The van der Waals surface area contributed by atoms with Gasteiger partial charge in [-0.15, -0.1) is 0 Å². The van der Waals surface area contributed by atoms with Crippen molar-refractivity contribution < 1.29 is 9.52 Å². The molecule has 3 aromatic rings. The van der Waals surface area contributed by atoms with Crippen LogP contribution in [0, 0.1) is 6.92 Å². The van der Waals surface area contributed by atoms with Crippen molar-refractivity contribution in [3.05, 3.63) is 51.7 Å². The van der Waals surface area contributed by atoms with Crippen molar-refractivity contribution in [3.63, 3.8) is 0 Å². The zero-order valence-electron chi connectivity index (χ0n) is 9.64. The molecule has 0 aliphatic heterocycles. The van der Waals surface area contributed by atoms with Crippen LogP contribution in [0.25, 0.3) is 21.4 Å². The standard InChI is InChI=1S/C14H10O3S/c1-8-2-4-9(5-3-8)11-6-10(15)7-12-13(11)17-14(16)18-12/h2-7,15H,1H3. The zero-order valence-corrected chi connectivity index (χ0v) is 10.5. The third-order valence-electron chi connectivity index (χ3n) is 2.78. The van der Waals surface area contributed by atoms with Crippen molar-refractivity contribution in [2.45, 2.75) is 6.92 Å². The van der Waals surface area contributed by atoms with Gasteiger partial charge in [0.25, 0.3) is 0 Å². The first kappa shape index (κ1) is 11.0. The van der Waals surface area contributed by atoms with Gasteiger partial charge in [0.1, 0.15) is 5.75 Å². The van der Waals surface area contributed by atoms with E-state index in [2.05, 4.69) is 0 Å². The monoisotopic (exact) mass is 258 g/mol. The summed E-state index contributed by atoms with van der Waals surface area (Å²) >= 11 is 0.996. The van der Waals surface area contributed by atoms with Gasteiger partial charge in [-0.3, -0.25) is 0 Å². The van der Waals surface area contributed by atoms with E-state index in [-0.39, 0.29) is 10.7 Å². The molecule has 0 bridgehead atoms. The second kappa shape index (κ2) is 3.99. The van der Waals surface area contributed by atoms with E-state index in [1.165, 1.54) is 0 Å². The third kappa shape index (κ3) is 1.80. The highest BCUT2D eigenvalue weighted by atomic mass is 32.1. The van der Waals surface area contributed by atoms with Gasteiger partial charge in [0.2, 0.25) is 0 Å². The molecule has 0 unspecified atom stereocenters. The summed E-state index contributed by atoms with van der Waals surface area (Å²) in [5.74, 6) is 0.134. The average Bonchev–Trinajstić information content (AvgIpc) is 2.69. The molecule has 1 heterocycles. The first-order chi connectivity index (χ1) is 8.63. The maximum atomic E-state index is 11.3. The molecule has 0 amide bonds. The number of aryl methyl sites for hydroxylation is 1. The number of aromatic hydroxyl groups is 1. The zero-order chi connectivity index (χ0) is 12.7. The van der Waals surface area contributed by atoms with Gasteiger partial charge in [-0.1, -0.05) is 41.2 Å². The molecule has 0 saturated carbocycles. The molecule has 0 spiro atoms. The van der Waals surface area contributed by atoms with Gasteiger partial charge in [0, 0.05) is 11.6 Å². The highest BCUT2D eigenvalue weighted by Gasteiger charge is 2.11. The Bertz CT molecular complexity index is 766. The second-order valence-electron chi connectivity index (χ2n) is 4.14. The molecular formula is C14H10O3S. The summed E-state index contributed by atoms with van der Waals surface area (Å²) in [6.07, 6.45) is 0. The summed E-state index contributed by atoms with van der Waals surface area (Å²) in [6, 6.07) is 11.0. The molecule has 0 radical (unpaired) electrons. The third-order valence-corrected chi connectivity index (χ3v) is 3.55. The summed E-state index contributed by atoms with van der Waals surface area (Å²) < 4.78 is 5.85. The van der Waals surface area contributed by atoms with Crippen molar-refractivity contribution in [1.82, 2.24) is 0 Å². The van der Waals surface area contributed by atoms with E-state index in [1.807, 2.05) is 31.2 Å². The summed E-state index contributed by atoms with van der Waals surface area (Å²) in [4.78, 5) is 11.0. The van der Waals surface area contributed by atoms with Crippen LogP contribution in [0.15, 0.2) is 45.6 Å². The van der Waals surface area contributed by atoms with Crippen molar-refractivity contribution >= 4 is 21.6 Å². The molecule has 0 atom stereocenters. The summed E-state index contributed by atoms with van der Waals surface area (Å²) in [6.45, 7) is 2.01. The van der Waals surface area contributed by atoms with E-state index >= 15 is 0 Å². The van der Waals surface area contributed by atoms with Crippen LogP contribution in [-0.2, 0) is 0 Å². The molecule has 3 nitrogen and oxygen atoms in total. The van der Waals surface area contributed by atoms with Crippen LogP contribution in [0.1, 0.15) is 5.56 Å². The maximum Gasteiger partial charge on any atom is 0.396 e. The fourth-order valence-electron chi connectivity index (χ4n) is 1.91. The van der Waals surface area contributed by atoms with Gasteiger partial charge in [0.05, 0.1) is 4.70 Å². The van der Waals surface area contributed by atoms with Gasteiger partial charge < -0.3 is 9.52 Å². The molecule has 1 N–H and O–H groups in total. The number of rotatable bonds is 1. The van der Waals surface area contributed by atoms with Gasteiger partial charge in [0.15, 0.2) is 5.58 Å². The van der Waals surface area contributed by atoms with Crippen molar-refractivity contribution in [3.8, 4) is 16.9 Å². The summed E-state index contributed by atoms with van der Waals surface area (Å²) in [5, 5.41) is 9.70. The Hall–Kier alpha value is -2.07. The van der Waals surface area contributed by atoms with Gasteiger partial charge >= 0.3 is 4.94 Å². The molecule has 1 aromatic heterocycles. The number of hydrogen-bond acceptors (Lipinski definition) is 4. The van der Waals surface area contributed by atoms with Crippen LogP contribution in [0.2, 0.25) is 0 Å². The summed E-state index contributed by atoms with van der Waals surface area (Å²) in [7, 11) is 0. The largest absolute Gasteiger partial charge is 0.508 e. The lowest BCUT2D eigenvalue weighted by atomic mass is 10.0. The number of phenols is 1. The molecule has 0 aliphatic carbocycles. The van der Waals surface area contributed by atoms with Crippen LogP contribution in [0.5, 0.6) is 5.75 Å². The molecule has 18 heavy (non-hydrogen) atoms. The maximum absolute atomic E-state index is 11.3. The van der Waals surface area contributed by atoms with Crippen LogP contribution in [-0.4, -0.2) is 5.11 Å². The Kier molecular flexibility index (Phi) is 2.45. The number of hydrogen-bond donors (Lipinski definition) is 1. The molecule has 0 saturated heterocycles. The number of fused-ring (bicyclic) bond motifs is 1. The lowest BCUT2D eigenvalue weighted by Gasteiger charge is -2.03. The minimum absolute atomic E-state index is 0.134. The molecule has 4 heteroatoms. The summed E-state index contributed by atoms with van der Waals surface area (Å²) in [5.41, 5.74) is 3.35. The van der Waals surface area contributed by atoms with Crippen molar-refractivity contribution in [2.24, 2.45) is 0 Å². The molecule has 3 rings (SSSR count). The van der Waals surface area contributed by atoms with Crippen LogP contribution in [0.4, 0.5) is 0 Å². The number of benzene rings is 2. The van der Waals surface area contributed by atoms with E-state index in [0.717, 1.165) is 28.0 Å². The van der Waals surface area contributed by atoms with Crippen molar-refractivity contribution in [2.75, 3.05) is 0 Å². The van der Waals surface area contributed by atoms with Gasteiger partial charge in [-0.25, -0.2) is 4.79 Å². The highest BCUT2D eigenvalue weighted by Crippen LogP contribution is 2.33. The Labute approximate surface area is 107 Å². The highest BCUT2D eigenvalue weighted by molar-refractivity contribution is 7.16. The lowest BCUT2D eigenvalue weighted by Crippen LogP contribution is -1.82. The predicted molar refractivity (Wildman–Crippen MR) is 72.2 cm³/mol. The van der Waals surface area contributed by atoms with Gasteiger partial charge in [-0.2, -0.15) is 0 Å². The SMILES string of the molecule is Cc1ccc(-c2cc(O)cc3sc(=O)oc23)cc1. The fourth-order valence-corrected chi connectivity index (χ4v) is 2.64. The Morgan fingerprint density at radius 1 is 1.17 bits per heavy atom. The van der Waals surface area contributed by atoms with Crippen LogP contribution < -0.4 is 4.94 Å². The fraction of sp³-hybridized carbons (Fsp3) is 0.0714.